The van der Waals surface area contributed by atoms with Gasteiger partial charge in [0.2, 0.25) is 0 Å². The summed E-state index contributed by atoms with van der Waals surface area (Å²) in [6.45, 7) is 3.67. The van der Waals surface area contributed by atoms with Gasteiger partial charge in [0.1, 0.15) is 5.76 Å². The van der Waals surface area contributed by atoms with Crippen molar-refractivity contribution in [1.82, 2.24) is 5.32 Å². The summed E-state index contributed by atoms with van der Waals surface area (Å²) in [5, 5.41) is 3.24. The van der Waals surface area contributed by atoms with Gasteiger partial charge in [-0.25, -0.2) is 4.79 Å². The first-order chi connectivity index (χ1) is 5.77. The maximum Gasteiger partial charge on any atom is 0.336 e. The second-order valence-corrected chi connectivity index (χ2v) is 3.08. The average molecular weight is 165 g/mol. The second kappa shape index (κ2) is 2.75. The van der Waals surface area contributed by atoms with E-state index in [4.69, 9.17) is 4.42 Å². The van der Waals surface area contributed by atoms with E-state index in [1.807, 2.05) is 6.92 Å². The molecule has 1 N–H and O–H groups in total. The predicted octanol–water partition coefficient (Wildman–Crippen LogP) is 0.594. The minimum absolute atomic E-state index is 0.229. The van der Waals surface area contributed by atoms with Crippen molar-refractivity contribution < 1.29 is 4.42 Å². The summed E-state index contributed by atoms with van der Waals surface area (Å²) >= 11 is 0. The lowest BCUT2D eigenvalue weighted by molar-refractivity contribution is 0.423. The fraction of sp³-hybridized carbons (Fsp3) is 0.444. The van der Waals surface area contributed by atoms with Crippen molar-refractivity contribution in [2.75, 3.05) is 6.54 Å². The molecule has 0 bridgehead atoms. The zero-order valence-electron chi connectivity index (χ0n) is 7.02. The molecule has 1 aromatic rings. The highest BCUT2D eigenvalue weighted by Crippen LogP contribution is 2.14. The molecular weight excluding hydrogens is 154 g/mol. The molecule has 0 aliphatic carbocycles. The third-order valence-corrected chi connectivity index (χ3v) is 2.20. The minimum atomic E-state index is -0.229. The fourth-order valence-corrected chi connectivity index (χ4v) is 1.55. The molecule has 0 saturated heterocycles. The molecule has 1 aromatic heterocycles. The predicted molar refractivity (Wildman–Crippen MR) is 45.1 cm³/mol. The molecule has 3 nitrogen and oxygen atoms in total. The van der Waals surface area contributed by atoms with E-state index < -0.39 is 0 Å². The van der Waals surface area contributed by atoms with Gasteiger partial charge in [-0.15, -0.1) is 0 Å². The Hall–Kier alpha value is -1.09. The summed E-state index contributed by atoms with van der Waals surface area (Å²) < 4.78 is 5.08. The zero-order valence-corrected chi connectivity index (χ0v) is 7.02. The molecule has 64 valence electrons. The lowest BCUT2D eigenvalue weighted by atomic mass is 10.0. The Bertz CT molecular complexity index is 354. The van der Waals surface area contributed by atoms with E-state index in [0.29, 0.717) is 0 Å². The quantitative estimate of drug-likeness (QED) is 0.612. The number of hydrogen-bond donors (Lipinski definition) is 1. The number of hydrogen-bond acceptors (Lipinski definition) is 3. The van der Waals surface area contributed by atoms with Crippen molar-refractivity contribution in [3.05, 3.63) is 33.4 Å². The van der Waals surface area contributed by atoms with Crippen molar-refractivity contribution in [2.24, 2.45) is 0 Å². The standard InChI is InChI=1S/C9H11NO2/c1-6-4-9(11)12-8-2-3-10-5-7(6)8/h4,10H,2-3,5H2,1H3. The Morgan fingerprint density at radius 2 is 2.42 bits per heavy atom. The van der Waals surface area contributed by atoms with Gasteiger partial charge in [0.25, 0.3) is 0 Å². The first kappa shape index (κ1) is 7.55. The van der Waals surface area contributed by atoms with Crippen LogP contribution in [0.1, 0.15) is 16.9 Å². The molecule has 0 saturated carbocycles. The summed E-state index contributed by atoms with van der Waals surface area (Å²) in [6, 6.07) is 1.55. The van der Waals surface area contributed by atoms with Crippen molar-refractivity contribution in [3.8, 4) is 0 Å². The third-order valence-electron chi connectivity index (χ3n) is 2.20. The van der Waals surface area contributed by atoms with Crippen LogP contribution < -0.4 is 10.9 Å². The summed E-state index contributed by atoms with van der Waals surface area (Å²) in [6.07, 6.45) is 0.826. The summed E-state index contributed by atoms with van der Waals surface area (Å²) in [5.41, 5.74) is 1.96. The van der Waals surface area contributed by atoms with Crippen molar-refractivity contribution in [1.29, 1.82) is 0 Å². The van der Waals surface area contributed by atoms with E-state index in [1.54, 1.807) is 6.07 Å². The Morgan fingerprint density at radius 3 is 3.25 bits per heavy atom. The number of rotatable bonds is 0. The van der Waals surface area contributed by atoms with Gasteiger partial charge >= 0.3 is 5.63 Å². The first-order valence-corrected chi connectivity index (χ1v) is 4.10. The van der Waals surface area contributed by atoms with Crippen LogP contribution in [0.15, 0.2) is 15.3 Å². The highest BCUT2D eigenvalue weighted by atomic mass is 16.4. The van der Waals surface area contributed by atoms with E-state index >= 15 is 0 Å². The van der Waals surface area contributed by atoms with Crippen molar-refractivity contribution in [3.63, 3.8) is 0 Å². The number of nitrogens with one attached hydrogen (secondary N) is 1. The van der Waals surface area contributed by atoms with Gasteiger partial charge in [0, 0.05) is 31.1 Å². The lowest BCUT2D eigenvalue weighted by Gasteiger charge is -2.16. The molecule has 0 radical (unpaired) electrons. The summed E-state index contributed by atoms with van der Waals surface area (Å²) in [7, 11) is 0. The van der Waals surface area contributed by atoms with Crippen molar-refractivity contribution >= 4 is 0 Å². The molecule has 0 amide bonds. The smallest absolute Gasteiger partial charge is 0.336 e. The van der Waals surface area contributed by atoms with Crippen molar-refractivity contribution in [2.45, 2.75) is 19.9 Å². The Morgan fingerprint density at radius 1 is 1.58 bits per heavy atom. The Kier molecular flexibility index (Phi) is 1.73. The van der Waals surface area contributed by atoms with E-state index in [0.717, 1.165) is 36.4 Å². The van der Waals surface area contributed by atoms with Gasteiger partial charge in [0.15, 0.2) is 0 Å². The van der Waals surface area contributed by atoms with E-state index in [2.05, 4.69) is 5.32 Å². The van der Waals surface area contributed by atoms with Gasteiger partial charge in [-0.05, 0) is 12.5 Å². The lowest BCUT2D eigenvalue weighted by Crippen LogP contribution is -2.25. The van der Waals surface area contributed by atoms with Gasteiger partial charge in [-0.2, -0.15) is 0 Å². The summed E-state index contributed by atoms with van der Waals surface area (Å²) in [5.74, 6) is 0.860. The molecular formula is C9H11NO2. The largest absolute Gasteiger partial charge is 0.427 e. The van der Waals surface area contributed by atoms with Crippen LogP contribution in [0.25, 0.3) is 0 Å². The van der Waals surface area contributed by atoms with Gasteiger partial charge in [0.05, 0.1) is 0 Å². The molecule has 1 aliphatic rings. The topological polar surface area (TPSA) is 42.2 Å². The van der Waals surface area contributed by atoms with Gasteiger partial charge in [-0.3, -0.25) is 0 Å². The normalized spacial score (nSPS) is 15.8. The third kappa shape index (κ3) is 1.16. The minimum Gasteiger partial charge on any atom is -0.427 e. The number of aryl methyl sites for hydroxylation is 1. The van der Waals surface area contributed by atoms with Gasteiger partial charge < -0.3 is 9.73 Å². The molecule has 2 rings (SSSR count). The Balaban J connectivity index is 2.60. The first-order valence-electron chi connectivity index (χ1n) is 4.10. The highest BCUT2D eigenvalue weighted by molar-refractivity contribution is 5.28. The molecule has 3 heteroatoms. The second-order valence-electron chi connectivity index (χ2n) is 3.08. The SMILES string of the molecule is Cc1cc(=O)oc2c1CNCC2. The van der Waals surface area contributed by atoms with E-state index in [1.165, 1.54) is 0 Å². The van der Waals surface area contributed by atoms with Crippen LogP contribution in [0, 0.1) is 6.92 Å². The Labute approximate surface area is 70.4 Å². The van der Waals surface area contributed by atoms with Gasteiger partial charge in [-0.1, -0.05) is 0 Å². The molecule has 0 unspecified atom stereocenters. The molecule has 0 aromatic carbocycles. The molecule has 0 atom stereocenters. The van der Waals surface area contributed by atoms with Crippen LogP contribution in [0.3, 0.4) is 0 Å². The van der Waals surface area contributed by atoms with Crippen LogP contribution in [-0.4, -0.2) is 6.54 Å². The molecule has 12 heavy (non-hydrogen) atoms. The average Bonchev–Trinajstić information content (AvgIpc) is 2.04. The molecule has 1 aliphatic heterocycles. The zero-order chi connectivity index (χ0) is 8.55. The molecule has 2 heterocycles. The van der Waals surface area contributed by atoms with Crippen LogP contribution in [0.2, 0.25) is 0 Å². The molecule has 0 fully saturated rings. The highest BCUT2D eigenvalue weighted by Gasteiger charge is 2.13. The van der Waals surface area contributed by atoms with Crippen LogP contribution in [0.5, 0.6) is 0 Å². The number of fused-ring (bicyclic) bond motifs is 1. The fourth-order valence-electron chi connectivity index (χ4n) is 1.55. The van der Waals surface area contributed by atoms with Crippen LogP contribution in [0.4, 0.5) is 0 Å². The van der Waals surface area contributed by atoms with E-state index in [9.17, 15) is 4.79 Å². The molecule has 0 spiro atoms. The maximum atomic E-state index is 11.0. The maximum absolute atomic E-state index is 11.0. The van der Waals surface area contributed by atoms with Crippen LogP contribution in [-0.2, 0) is 13.0 Å². The monoisotopic (exact) mass is 165 g/mol. The van der Waals surface area contributed by atoms with Crippen LogP contribution >= 0.6 is 0 Å². The van der Waals surface area contributed by atoms with E-state index in [-0.39, 0.29) is 5.63 Å². The summed E-state index contributed by atoms with van der Waals surface area (Å²) in [4.78, 5) is 11.0.